The lowest BCUT2D eigenvalue weighted by atomic mass is 10.0. The number of hydrogen-bond acceptors (Lipinski definition) is 4. The fourth-order valence-electron chi connectivity index (χ4n) is 1.88. The molecule has 112 valence electrons. The highest BCUT2D eigenvalue weighted by molar-refractivity contribution is 6.31. The summed E-state index contributed by atoms with van der Waals surface area (Å²) in [6.07, 6.45) is 1.46. The molecule has 0 radical (unpaired) electrons. The molecule has 1 atom stereocenters. The number of hydrogen-bond donors (Lipinski definition) is 2. The zero-order valence-corrected chi connectivity index (χ0v) is 12.5. The number of ether oxygens (including phenoxy) is 1. The van der Waals surface area contributed by atoms with Crippen LogP contribution in [0.15, 0.2) is 41.0 Å². The Morgan fingerprint density at radius 2 is 2.24 bits per heavy atom. The Hall–Kier alpha value is -1.98. The topological polar surface area (TPSA) is 71.7 Å². The molecule has 0 saturated carbocycles. The highest BCUT2D eigenvalue weighted by Gasteiger charge is 2.27. The van der Waals surface area contributed by atoms with Gasteiger partial charge in [0.15, 0.2) is 0 Å². The second-order valence-corrected chi connectivity index (χ2v) is 5.21. The fourth-order valence-corrected chi connectivity index (χ4v) is 2.05. The van der Waals surface area contributed by atoms with Gasteiger partial charge in [-0.25, -0.2) is 0 Å². The van der Waals surface area contributed by atoms with Crippen LogP contribution >= 0.6 is 11.6 Å². The van der Waals surface area contributed by atoms with Gasteiger partial charge in [-0.2, -0.15) is 0 Å². The standard InChI is InChI=1S/C15H16ClNO4/c1-15(19,13-4-3-7-21-13)9-17-14(18)11-8-10(16)5-6-12(11)20-2/h3-8,19H,9H2,1-2H3,(H,17,18). The first-order valence-corrected chi connectivity index (χ1v) is 6.70. The van der Waals surface area contributed by atoms with Crippen molar-refractivity contribution in [3.63, 3.8) is 0 Å². The molecule has 6 heteroatoms. The van der Waals surface area contributed by atoms with Gasteiger partial charge in [0.2, 0.25) is 0 Å². The zero-order chi connectivity index (χ0) is 15.5. The van der Waals surface area contributed by atoms with Gasteiger partial charge in [-0.05, 0) is 37.3 Å². The van der Waals surface area contributed by atoms with E-state index in [0.717, 1.165) is 0 Å². The molecule has 0 spiro atoms. The van der Waals surface area contributed by atoms with E-state index in [1.165, 1.54) is 19.4 Å². The number of carbonyl (C=O) groups excluding carboxylic acids is 1. The van der Waals surface area contributed by atoms with Crippen molar-refractivity contribution < 1.29 is 19.1 Å². The van der Waals surface area contributed by atoms with E-state index in [9.17, 15) is 9.90 Å². The molecular weight excluding hydrogens is 294 g/mol. The Labute approximate surface area is 127 Å². The SMILES string of the molecule is COc1ccc(Cl)cc1C(=O)NCC(C)(O)c1ccco1. The van der Waals surface area contributed by atoms with Gasteiger partial charge in [0.05, 0.1) is 25.5 Å². The van der Waals surface area contributed by atoms with Crippen LogP contribution in [0.2, 0.25) is 5.02 Å². The summed E-state index contributed by atoms with van der Waals surface area (Å²) in [6.45, 7) is 1.55. The molecule has 1 aromatic heterocycles. The van der Waals surface area contributed by atoms with Gasteiger partial charge in [0.1, 0.15) is 17.1 Å². The molecule has 0 bridgehead atoms. The number of methoxy groups -OCH3 is 1. The summed E-state index contributed by atoms with van der Waals surface area (Å²) >= 11 is 5.89. The zero-order valence-electron chi connectivity index (χ0n) is 11.7. The van der Waals surface area contributed by atoms with Crippen LogP contribution in [-0.4, -0.2) is 24.7 Å². The summed E-state index contributed by atoms with van der Waals surface area (Å²) in [7, 11) is 1.47. The Kier molecular flexibility index (Phi) is 4.55. The summed E-state index contributed by atoms with van der Waals surface area (Å²) in [6, 6.07) is 8.08. The van der Waals surface area contributed by atoms with Crippen LogP contribution in [0, 0.1) is 0 Å². The third kappa shape index (κ3) is 3.56. The summed E-state index contributed by atoms with van der Waals surface area (Å²) < 4.78 is 10.3. The predicted octanol–water partition coefficient (Wildman–Crippen LogP) is 2.58. The molecule has 1 heterocycles. The van der Waals surface area contributed by atoms with Gasteiger partial charge in [0.25, 0.3) is 5.91 Å². The van der Waals surface area contributed by atoms with E-state index in [1.54, 1.807) is 31.2 Å². The number of aliphatic hydroxyl groups is 1. The van der Waals surface area contributed by atoms with E-state index in [4.69, 9.17) is 20.8 Å². The van der Waals surface area contributed by atoms with E-state index in [1.807, 2.05) is 0 Å². The number of benzene rings is 1. The average Bonchev–Trinajstić information content (AvgIpc) is 3.00. The first kappa shape index (κ1) is 15.4. The number of carbonyl (C=O) groups is 1. The van der Waals surface area contributed by atoms with Crippen LogP contribution in [0.4, 0.5) is 0 Å². The van der Waals surface area contributed by atoms with Crippen molar-refractivity contribution in [1.29, 1.82) is 0 Å². The molecule has 2 rings (SSSR count). The summed E-state index contributed by atoms with van der Waals surface area (Å²) in [5.74, 6) is 0.400. The molecule has 0 fully saturated rings. The lowest BCUT2D eigenvalue weighted by Crippen LogP contribution is -2.38. The van der Waals surface area contributed by atoms with E-state index < -0.39 is 5.60 Å². The number of nitrogens with one attached hydrogen (secondary N) is 1. The molecule has 0 aliphatic carbocycles. The molecule has 1 unspecified atom stereocenters. The van der Waals surface area contributed by atoms with Crippen molar-refractivity contribution in [2.75, 3.05) is 13.7 Å². The van der Waals surface area contributed by atoms with Crippen molar-refractivity contribution in [1.82, 2.24) is 5.32 Å². The lowest BCUT2D eigenvalue weighted by molar-refractivity contribution is 0.0330. The average molecular weight is 310 g/mol. The second kappa shape index (κ2) is 6.20. The van der Waals surface area contributed by atoms with Crippen molar-refractivity contribution in [2.45, 2.75) is 12.5 Å². The van der Waals surface area contributed by atoms with E-state index in [-0.39, 0.29) is 12.5 Å². The fraction of sp³-hybridized carbons (Fsp3) is 0.267. The Balaban J connectivity index is 2.10. The van der Waals surface area contributed by atoms with Crippen LogP contribution in [0.25, 0.3) is 0 Å². The predicted molar refractivity (Wildman–Crippen MR) is 78.6 cm³/mol. The first-order valence-electron chi connectivity index (χ1n) is 6.32. The maximum atomic E-state index is 12.2. The van der Waals surface area contributed by atoms with Crippen LogP contribution < -0.4 is 10.1 Å². The summed E-state index contributed by atoms with van der Waals surface area (Å²) in [4.78, 5) is 12.2. The number of amides is 1. The monoisotopic (exact) mass is 309 g/mol. The van der Waals surface area contributed by atoms with Crippen molar-refractivity contribution in [2.24, 2.45) is 0 Å². The maximum absolute atomic E-state index is 12.2. The van der Waals surface area contributed by atoms with Gasteiger partial charge < -0.3 is 19.6 Å². The highest BCUT2D eigenvalue weighted by Crippen LogP contribution is 2.24. The quantitative estimate of drug-likeness (QED) is 0.890. The minimum Gasteiger partial charge on any atom is -0.496 e. The normalized spacial score (nSPS) is 13.5. The molecule has 21 heavy (non-hydrogen) atoms. The van der Waals surface area contributed by atoms with Crippen LogP contribution in [0.3, 0.4) is 0 Å². The van der Waals surface area contributed by atoms with Crippen LogP contribution in [-0.2, 0) is 5.60 Å². The van der Waals surface area contributed by atoms with E-state index in [0.29, 0.717) is 22.1 Å². The third-order valence-electron chi connectivity index (χ3n) is 3.05. The van der Waals surface area contributed by atoms with Crippen LogP contribution in [0.5, 0.6) is 5.75 Å². The van der Waals surface area contributed by atoms with E-state index in [2.05, 4.69) is 5.32 Å². The summed E-state index contributed by atoms with van der Waals surface area (Å²) in [5.41, 5.74) is -0.995. The molecule has 0 aliphatic heterocycles. The van der Waals surface area contributed by atoms with Crippen molar-refractivity contribution in [3.05, 3.63) is 52.9 Å². The largest absolute Gasteiger partial charge is 0.496 e. The number of halogens is 1. The minimum absolute atomic E-state index is 0.00495. The summed E-state index contributed by atoms with van der Waals surface area (Å²) in [5, 5.41) is 13.4. The molecule has 1 aromatic carbocycles. The van der Waals surface area contributed by atoms with Gasteiger partial charge in [0, 0.05) is 5.02 Å². The minimum atomic E-state index is -1.30. The van der Waals surface area contributed by atoms with Gasteiger partial charge in [-0.15, -0.1) is 0 Å². The maximum Gasteiger partial charge on any atom is 0.255 e. The van der Waals surface area contributed by atoms with Crippen molar-refractivity contribution >= 4 is 17.5 Å². The molecule has 2 N–H and O–H groups in total. The first-order chi connectivity index (χ1) is 9.94. The second-order valence-electron chi connectivity index (χ2n) is 4.78. The molecule has 0 saturated heterocycles. The molecule has 1 amide bonds. The smallest absolute Gasteiger partial charge is 0.255 e. The Morgan fingerprint density at radius 1 is 1.48 bits per heavy atom. The molecular formula is C15H16ClNO4. The van der Waals surface area contributed by atoms with Crippen LogP contribution in [0.1, 0.15) is 23.0 Å². The third-order valence-corrected chi connectivity index (χ3v) is 3.29. The number of furan rings is 1. The Morgan fingerprint density at radius 3 is 2.86 bits per heavy atom. The molecule has 5 nitrogen and oxygen atoms in total. The Bertz CT molecular complexity index is 623. The highest BCUT2D eigenvalue weighted by atomic mass is 35.5. The van der Waals surface area contributed by atoms with Gasteiger partial charge >= 0.3 is 0 Å². The number of rotatable bonds is 5. The van der Waals surface area contributed by atoms with Crippen molar-refractivity contribution in [3.8, 4) is 5.75 Å². The van der Waals surface area contributed by atoms with Gasteiger partial charge in [-0.3, -0.25) is 4.79 Å². The van der Waals surface area contributed by atoms with Gasteiger partial charge in [-0.1, -0.05) is 11.6 Å². The molecule has 2 aromatic rings. The molecule has 0 aliphatic rings. The van der Waals surface area contributed by atoms with E-state index >= 15 is 0 Å². The lowest BCUT2D eigenvalue weighted by Gasteiger charge is -2.21.